The summed E-state index contributed by atoms with van der Waals surface area (Å²) in [4.78, 5) is 17.6. The van der Waals surface area contributed by atoms with E-state index in [0.29, 0.717) is 23.7 Å². The van der Waals surface area contributed by atoms with E-state index in [4.69, 9.17) is 14.2 Å². The Balaban J connectivity index is 1.70. The Morgan fingerprint density at radius 1 is 1.13 bits per heavy atom. The molecule has 31 heavy (non-hydrogen) atoms. The standard InChI is InChI=1S/C24H33N3O4/c1-19(16-26-11-13-31-14-12-26)27(17-20-7-5-4-6-8-20)18-24(28)25-22-15-21(29-2)9-10-23(22)30-3/h4-10,15,19H,11-14,16-18H2,1-3H3,(H,25,28). The van der Waals surface area contributed by atoms with Gasteiger partial charge in [0, 0.05) is 38.3 Å². The first-order valence-electron chi connectivity index (χ1n) is 10.7. The first kappa shape index (κ1) is 23.1. The second kappa shape index (κ2) is 11.7. The fourth-order valence-corrected chi connectivity index (χ4v) is 3.74. The number of nitrogens with zero attached hydrogens (tertiary/aromatic N) is 2. The number of hydrogen-bond donors (Lipinski definition) is 1. The number of nitrogens with one attached hydrogen (secondary N) is 1. The number of hydrogen-bond acceptors (Lipinski definition) is 6. The summed E-state index contributed by atoms with van der Waals surface area (Å²) in [5.74, 6) is 1.18. The van der Waals surface area contributed by atoms with Crippen LogP contribution in [0.5, 0.6) is 11.5 Å². The molecular weight excluding hydrogens is 394 g/mol. The third-order valence-electron chi connectivity index (χ3n) is 5.51. The molecule has 1 unspecified atom stereocenters. The summed E-state index contributed by atoms with van der Waals surface area (Å²) in [6.07, 6.45) is 0. The second-order valence-electron chi connectivity index (χ2n) is 7.77. The SMILES string of the molecule is COc1ccc(OC)c(NC(=O)CN(Cc2ccccc2)C(C)CN2CCOCC2)c1. The molecule has 0 radical (unpaired) electrons. The lowest BCUT2D eigenvalue weighted by atomic mass is 10.1. The van der Waals surface area contributed by atoms with Gasteiger partial charge >= 0.3 is 0 Å². The molecule has 7 heteroatoms. The Bertz CT molecular complexity index is 825. The topological polar surface area (TPSA) is 63.3 Å². The number of anilines is 1. The van der Waals surface area contributed by atoms with E-state index in [1.54, 1.807) is 32.4 Å². The average Bonchev–Trinajstić information content (AvgIpc) is 2.80. The maximum Gasteiger partial charge on any atom is 0.238 e. The zero-order valence-electron chi connectivity index (χ0n) is 18.7. The van der Waals surface area contributed by atoms with Gasteiger partial charge in [0.15, 0.2) is 0 Å². The van der Waals surface area contributed by atoms with Crippen molar-refractivity contribution in [3.63, 3.8) is 0 Å². The van der Waals surface area contributed by atoms with E-state index in [9.17, 15) is 4.79 Å². The molecule has 1 atom stereocenters. The van der Waals surface area contributed by atoms with Gasteiger partial charge in [-0.3, -0.25) is 14.6 Å². The number of carbonyl (C=O) groups excluding carboxylic acids is 1. The Kier molecular flexibility index (Phi) is 8.70. The minimum atomic E-state index is -0.0867. The van der Waals surface area contributed by atoms with Crippen LogP contribution in [0.3, 0.4) is 0 Å². The van der Waals surface area contributed by atoms with Gasteiger partial charge in [0.1, 0.15) is 11.5 Å². The number of carbonyl (C=O) groups is 1. The highest BCUT2D eigenvalue weighted by molar-refractivity contribution is 5.94. The summed E-state index contributed by atoms with van der Waals surface area (Å²) in [6, 6.07) is 15.8. The zero-order valence-corrected chi connectivity index (χ0v) is 18.7. The Morgan fingerprint density at radius 2 is 1.87 bits per heavy atom. The van der Waals surface area contributed by atoms with E-state index >= 15 is 0 Å². The van der Waals surface area contributed by atoms with E-state index in [0.717, 1.165) is 32.8 Å². The van der Waals surface area contributed by atoms with E-state index in [1.165, 1.54) is 5.56 Å². The van der Waals surface area contributed by atoms with Crippen molar-refractivity contribution < 1.29 is 19.0 Å². The van der Waals surface area contributed by atoms with Crippen LogP contribution in [0.2, 0.25) is 0 Å². The van der Waals surface area contributed by atoms with Crippen molar-refractivity contribution in [3.8, 4) is 11.5 Å². The fourth-order valence-electron chi connectivity index (χ4n) is 3.74. The molecule has 1 heterocycles. The fraction of sp³-hybridized carbons (Fsp3) is 0.458. The highest BCUT2D eigenvalue weighted by Gasteiger charge is 2.22. The number of ether oxygens (including phenoxy) is 3. The third kappa shape index (κ3) is 6.95. The lowest BCUT2D eigenvalue weighted by molar-refractivity contribution is -0.118. The number of rotatable bonds is 10. The van der Waals surface area contributed by atoms with Crippen LogP contribution in [0.25, 0.3) is 0 Å². The third-order valence-corrected chi connectivity index (χ3v) is 5.51. The van der Waals surface area contributed by atoms with Gasteiger partial charge in [0.2, 0.25) is 5.91 Å². The van der Waals surface area contributed by atoms with Crippen LogP contribution in [0.15, 0.2) is 48.5 Å². The maximum absolute atomic E-state index is 13.0. The summed E-state index contributed by atoms with van der Waals surface area (Å²) in [6.45, 7) is 7.44. The molecule has 7 nitrogen and oxygen atoms in total. The molecule has 1 saturated heterocycles. The summed E-state index contributed by atoms with van der Waals surface area (Å²) >= 11 is 0. The molecule has 0 bridgehead atoms. The molecule has 0 saturated carbocycles. The number of amides is 1. The average molecular weight is 428 g/mol. The minimum Gasteiger partial charge on any atom is -0.497 e. The molecular formula is C24H33N3O4. The van der Waals surface area contributed by atoms with Gasteiger partial charge < -0.3 is 19.5 Å². The molecule has 1 fully saturated rings. The van der Waals surface area contributed by atoms with Crippen LogP contribution in [-0.4, -0.2) is 75.4 Å². The predicted molar refractivity (Wildman–Crippen MR) is 122 cm³/mol. The van der Waals surface area contributed by atoms with Gasteiger partial charge in [-0.05, 0) is 24.6 Å². The van der Waals surface area contributed by atoms with E-state index in [-0.39, 0.29) is 18.5 Å². The highest BCUT2D eigenvalue weighted by atomic mass is 16.5. The van der Waals surface area contributed by atoms with Crippen LogP contribution < -0.4 is 14.8 Å². The monoisotopic (exact) mass is 427 g/mol. The number of morpholine rings is 1. The summed E-state index contributed by atoms with van der Waals surface area (Å²) in [5, 5.41) is 2.99. The van der Waals surface area contributed by atoms with Gasteiger partial charge in [0.25, 0.3) is 0 Å². The van der Waals surface area contributed by atoms with Crippen molar-refractivity contribution in [2.45, 2.75) is 19.5 Å². The van der Waals surface area contributed by atoms with E-state index in [2.05, 4.69) is 34.2 Å². The highest BCUT2D eigenvalue weighted by Crippen LogP contribution is 2.29. The molecule has 0 aliphatic carbocycles. The van der Waals surface area contributed by atoms with Crippen molar-refractivity contribution in [1.29, 1.82) is 0 Å². The van der Waals surface area contributed by atoms with E-state index < -0.39 is 0 Å². The van der Waals surface area contributed by atoms with E-state index in [1.807, 2.05) is 18.2 Å². The first-order valence-corrected chi connectivity index (χ1v) is 10.7. The van der Waals surface area contributed by atoms with Crippen LogP contribution in [0.1, 0.15) is 12.5 Å². The normalized spacial score (nSPS) is 15.5. The predicted octanol–water partition coefficient (Wildman–Crippen LogP) is 2.87. The number of benzene rings is 2. The molecule has 1 N–H and O–H groups in total. The Hall–Kier alpha value is -2.61. The van der Waals surface area contributed by atoms with Crippen molar-refractivity contribution in [2.75, 3.05) is 58.9 Å². The molecule has 0 spiro atoms. The summed E-state index contributed by atoms with van der Waals surface area (Å²) in [5.41, 5.74) is 1.79. The smallest absolute Gasteiger partial charge is 0.238 e. The molecule has 3 rings (SSSR count). The van der Waals surface area contributed by atoms with Gasteiger partial charge in [0.05, 0.1) is 39.7 Å². The summed E-state index contributed by atoms with van der Waals surface area (Å²) in [7, 11) is 3.19. The van der Waals surface area contributed by atoms with Crippen molar-refractivity contribution in [2.24, 2.45) is 0 Å². The molecule has 1 amide bonds. The van der Waals surface area contributed by atoms with Gasteiger partial charge in [-0.15, -0.1) is 0 Å². The lowest BCUT2D eigenvalue weighted by Gasteiger charge is -2.34. The maximum atomic E-state index is 13.0. The van der Waals surface area contributed by atoms with Crippen molar-refractivity contribution in [3.05, 3.63) is 54.1 Å². The Morgan fingerprint density at radius 3 is 2.55 bits per heavy atom. The van der Waals surface area contributed by atoms with Crippen LogP contribution in [-0.2, 0) is 16.1 Å². The Labute approximate surface area is 184 Å². The molecule has 1 aliphatic rings. The lowest BCUT2D eigenvalue weighted by Crippen LogP contribution is -2.47. The zero-order chi connectivity index (χ0) is 22.1. The first-order chi connectivity index (χ1) is 15.1. The molecule has 168 valence electrons. The quantitative estimate of drug-likeness (QED) is 0.629. The van der Waals surface area contributed by atoms with Crippen LogP contribution in [0.4, 0.5) is 5.69 Å². The van der Waals surface area contributed by atoms with Crippen LogP contribution in [0, 0.1) is 0 Å². The summed E-state index contributed by atoms with van der Waals surface area (Å²) < 4.78 is 16.1. The molecule has 0 aromatic heterocycles. The number of methoxy groups -OCH3 is 2. The minimum absolute atomic E-state index is 0.0867. The molecule has 1 aliphatic heterocycles. The van der Waals surface area contributed by atoms with Crippen molar-refractivity contribution in [1.82, 2.24) is 9.80 Å². The van der Waals surface area contributed by atoms with Gasteiger partial charge in [-0.1, -0.05) is 30.3 Å². The van der Waals surface area contributed by atoms with Gasteiger partial charge in [-0.2, -0.15) is 0 Å². The van der Waals surface area contributed by atoms with Crippen molar-refractivity contribution >= 4 is 11.6 Å². The van der Waals surface area contributed by atoms with Gasteiger partial charge in [-0.25, -0.2) is 0 Å². The largest absolute Gasteiger partial charge is 0.497 e. The second-order valence-corrected chi connectivity index (χ2v) is 7.77. The molecule has 2 aromatic rings. The van der Waals surface area contributed by atoms with Crippen LogP contribution >= 0.6 is 0 Å². The molecule has 2 aromatic carbocycles.